The summed E-state index contributed by atoms with van der Waals surface area (Å²) in [5.74, 6) is -0.580. The molecule has 4 heterocycles. The lowest BCUT2D eigenvalue weighted by Crippen LogP contribution is -2.31. The van der Waals surface area contributed by atoms with Gasteiger partial charge in [-0.3, -0.25) is 14.0 Å². The van der Waals surface area contributed by atoms with Crippen LogP contribution in [0.3, 0.4) is 0 Å². The minimum Gasteiger partial charge on any atom is -0.505 e. The van der Waals surface area contributed by atoms with Crippen LogP contribution in [-0.2, 0) is 16.1 Å². The predicted octanol–water partition coefficient (Wildman–Crippen LogP) is 4.93. The first-order valence-corrected chi connectivity index (χ1v) is 13.9. The van der Waals surface area contributed by atoms with Crippen molar-refractivity contribution in [3.05, 3.63) is 83.8 Å². The van der Waals surface area contributed by atoms with Crippen molar-refractivity contribution in [3.8, 4) is 11.5 Å². The highest BCUT2D eigenvalue weighted by Gasteiger charge is 2.46. The summed E-state index contributed by atoms with van der Waals surface area (Å²) in [6.07, 6.45) is 10.7. The largest absolute Gasteiger partial charge is 0.505 e. The van der Waals surface area contributed by atoms with Gasteiger partial charge in [0.15, 0.2) is 17.3 Å². The van der Waals surface area contributed by atoms with Crippen LogP contribution in [0.4, 0.5) is 0 Å². The number of carbonyl (C=O) groups excluding carboxylic acids is 2. The summed E-state index contributed by atoms with van der Waals surface area (Å²) in [5.41, 5.74) is 2.21. The minimum atomic E-state index is -0.825. The van der Waals surface area contributed by atoms with Gasteiger partial charge in [-0.2, -0.15) is 0 Å². The number of pyridine rings is 1. The monoisotopic (exact) mass is 557 g/mol. The zero-order valence-electron chi connectivity index (χ0n) is 23.6. The molecule has 5 rings (SSSR count). The first-order chi connectivity index (χ1) is 19.9. The number of imidazole rings is 2. The SMILES string of the molecule is CCCCCOc1ccc(C2/C(=C(\O)c3c(C)nc4ccccn34)C(=O)C(=O)N2CCCn2ccnc2)cc1OC. The van der Waals surface area contributed by atoms with Crippen molar-refractivity contribution in [2.24, 2.45) is 0 Å². The number of unbranched alkanes of at least 4 members (excludes halogenated alkanes) is 2. The molecule has 0 spiro atoms. The quantitative estimate of drug-likeness (QED) is 0.114. The maximum absolute atomic E-state index is 13.6. The standard InChI is InChI=1S/C31H35N5O5/c1-4-5-8-18-41-23-12-11-22(19-24(23)40-3)28-26(29(37)27-21(2)33-25-10-6-7-15-35(25)27)30(38)31(39)36(28)16-9-14-34-17-13-32-20-34/h6-7,10-13,15,17,19-20,28,37H,4-5,8-9,14,16,18H2,1-3H3/b29-26+. The highest BCUT2D eigenvalue weighted by atomic mass is 16.5. The minimum absolute atomic E-state index is 0.0186. The number of aromatic nitrogens is 4. The number of amides is 1. The molecule has 1 aliphatic rings. The number of aliphatic hydroxyl groups is 1. The Hall–Kier alpha value is -4.60. The van der Waals surface area contributed by atoms with Crippen LogP contribution in [0, 0.1) is 6.92 Å². The van der Waals surface area contributed by atoms with Crippen LogP contribution in [-0.4, -0.2) is 60.9 Å². The molecule has 1 amide bonds. The van der Waals surface area contributed by atoms with Crippen LogP contribution < -0.4 is 9.47 Å². The number of methoxy groups -OCH3 is 1. The maximum atomic E-state index is 13.6. The third-order valence-electron chi connectivity index (χ3n) is 7.35. The van der Waals surface area contributed by atoms with Gasteiger partial charge in [0, 0.05) is 31.7 Å². The molecule has 0 aliphatic carbocycles. The van der Waals surface area contributed by atoms with Gasteiger partial charge in [0.25, 0.3) is 11.7 Å². The normalized spacial score (nSPS) is 16.6. The molecule has 0 saturated carbocycles. The smallest absolute Gasteiger partial charge is 0.295 e. The number of nitrogens with zero attached hydrogens (tertiary/aromatic N) is 5. The molecule has 214 valence electrons. The molecule has 10 nitrogen and oxygen atoms in total. The van der Waals surface area contributed by atoms with E-state index in [-0.39, 0.29) is 11.3 Å². The number of likely N-dealkylation sites (tertiary alicyclic amines) is 1. The number of aliphatic hydroxyl groups excluding tert-OH is 1. The van der Waals surface area contributed by atoms with E-state index in [1.807, 2.05) is 35.0 Å². The van der Waals surface area contributed by atoms with Gasteiger partial charge in [0.05, 0.1) is 37.4 Å². The van der Waals surface area contributed by atoms with Crippen LogP contribution in [0.25, 0.3) is 11.4 Å². The fourth-order valence-electron chi connectivity index (χ4n) is 5.33. The van der Waals surface area contributed by atoms with Crippen LogP contribution in [0.15, 0.2) is 66.9 Å². The van der Waals surface area contributed by atoms with E-state index < -0.39 is 17.7 Å². The Morgan fingerprint density at radius 1 is 1.05 bits per heavy atom. The van der Waals surface area contributed by atoms with Gasteiger partial charge in [-0.15, -0.1) is 0 Å². The number of aryl methyl sites for hydroxylation is 2. The number of hydrogen-bond donors (Lipinski definition) is 1. The molecule has 4 aromatic rings. The Bertz CT molecular complexity index is 1570. The van der Waals surface area contributed by atoms with E-state index in [1.165, 1.54) is 4.90 Å². The molecule has 1 N–H and O–H groups in total. The third kappa shape index (κ3) is 5.54. The topological polar surface area (TPSA) is 111 Å². The zero-order valence-corrected chi connectivity index (χ0v) is 23.6. The highest BCUT2D eigenvalue weighted by molar-refractivity contribution is 6.46. The van der Waals surface area contributed by atoms with E-state index in [0.29, 0.717) is 60.2 Å². The summed E-state index contributed by atoms with van der Waals surface area (Å²) in [6.45, 7) is 5.38. The van der Waals surface area contributed by atoms with Crippen LogP contribution in [0.5, 0.6) is 11.5 Å². The van der Waals surface area contributed by atoms with Crippen LogP contribution >= 0.6 is 0 Å². The average Bonchev–Trinajstić information content (AvgIpc) is 3.68. The van der Waals surface area contributed by atoms with Crippen molar-refractivity contribution in [3.63, 3.8) is 0 Å². The molecule has 0 radical (unpaired) electrons. The Balaban J connectivity index is 1.57. The molecule has 1 unspecified atom stereocenters. The number of fused-ring (bicyclic) bond motifs is 1. The molecule has 10 heteroatoms. The molecule has 0 bridgehead atoms. The van der Waals surface area contributed by atoms with Crippen LogP contribution in [0.1, 0.15) is 55.6 Å². The summed E-state index contributed by atoms with van der Waals surface area (Å²) in [7, 11) is 1.56. The fourth-order valence-corrected chi connectivity index (χ4v) is 5.33. The summed E-state index contributed by atoms with van der Waals surface area (Å²) in [6, 6.07) is 10.1. The highest BCUT2D eigenvalue weighted by Crippen LogP contribution is 2.42. The number of ketones is 1. The molecule has 1 aromatic carbocycles. The second-order valence-electron chi connectivity index (χ2n) is 10.1. The number of hydrogen-bond acceptors (Lipinski definition) is 7. The first-order valence-electron chi connectivity index (χ1n) is 13.9. The first kappa shape index (κ1) is 27.9. The van der Waals surface area contributed by atoms with Crippen molar-refractivity contribution in [1.29, 1.82) is 0 Å². The Labute approximate surface area is 238 Å². The Morgan fingerprint density at radius 2 is 1.90 bits per heavy atom. The van der Waals surface area contributed by atoms with E-state index in [4.69, 9.17) is 9.47 Å². The molecular weight excluding hydrogens is 522 g/mol. The summed E-state index contributed by atoms with van der Waals surface area (Å²) in [4.78, 5) is 37.2. The van der Waals surface area contributed by atoms with Crippen molar-refractivity contribution in [2.75, 3.05) is 20.3 Å². The lowest BCUT2D eigenvalue weighted by Gasteiger charge is -2.26. The molecule has 3 aromatic heterocycles. The number of Topliss-reactive ketones (excluding diaryl/α,β-unsaturated/α-hetero) is 1. The number of rotatable bonds is 12. The number of ether oxygens (including phenoxy) is 2. The fraction of sp³-hybridized carbons (Fsp3) is 0.355. The zero-order chi connectivity index (χ0) is 28.9. The van der Waals surface area contributed by atoms with Crippen LogP contribution in [0.2, 0.25) is 0 Å². The maximum Gasteiger partial charge on any atom is 0.295 e. The average molecular weight is 558 g/mol. The van der Waals surface area contributed by atoms with E-state index in [2.05, 4.69) is 16.9 Å². The van der Waals surface area contributed by atoms with Gasteiger partial charge < -0.3 is 24.0 Å². The van der Waals surface area contributed by atoms with Gasteiger partial charge >= 0.3 is 0 Å². The van der Waals surface area contributed by atoms with Gasteiger partial charge in [-0.25, -0.2) is 9.97 Å². The molecular formula is C31H35N5O5. The third-order valence-corrected chi connectivity index (χ3v) is 7.35. The number of benzene rings is 1. The predicted molar refractivity (Wildman–Crippen MR) is 154 cm³/mol. The van der Waals surface area contributed by atoms with Crippen molar-refractivity contribution < 1.29 is 24.2 Å². The molecule has 1 fully saturated rings. The molecule has 1 atom stereocenters. The van der Waals surface area contributed by atoms with Crippen molar-refractivity contribution in [2.45, 2.75) is 52.1 Å². The van der Waals surface area contributed by atoms with Crippen molar-refractivity contribution >= 4 is 23.1 Å². The molecule has 1 saturated heterocycles. The van der Waals surface area contributed by atoms with E-state index >= 15 is 0 Å². The lowest BCUT2D eigenvalue weighted by molar-refractivity contribution is -0.139. The van der Waals surface area contributed by atoms with E-state index in [9.17, 15) is 14.7 Å². The van der Waals surface area contributed by atoms with E-state index in [1.54, 1.807) is 49.3 Å². The second-order valence-corrected chi connectivity index (χ2v) is 10.1. The summed E-state index contributed by atoms with van der Waals surface area (Å²) < 4.78 is 15.3. The summed E-state index contributed by atoms with van der Waals surface area (Å²) in [5, 5.41) is 11.7. The van der Waals surface area contributed by atoms with E-state index in [0.717, 1.165) is 19.3 Å². The van der Waals surface area contributed by atoms with Gasteiger partial charge in [-0.1, -0.05) is 31.9 Å². The number of carbonyl (C=O) groups is 2. The second kappa shape index (κ2) is 12.3. The Kier molecular flexibility index (Phi) is 8.37. The Morgan fingerprint density at radius 3 is 2.66 bits per heavy atom. The van der Waals surface area contributed by atoms with Gasteiger partial charge in [0.1, 0.15) is 11.3 Å². The molecule has 41 heavy (non-hydrogen) atoms. The van der Waals surface area contributed by atoms with Crippen molar-refractivity contribution in [1.82, 2.24) is 23.8 Å². The molecule has 1 aliphatic heterocycles. The van der Waals surface area contributed by atoms with Gasteiger partial charge in [-0.05, 0) is 49.6 Å². The summed E-state index contributed by atoms with van der Waals surface area (Å²) >= 11 is 0. The lowest BCUT2D eigenvalue weighted by atomic mass is 9.95. The van der Waals surface area contributed by atoms with Gasteiger partial charge in [0.2, 0.25) is 0 Å².